The molecule has 1 saturated heterocycles. The van der Waals surface area contributed by atoms with Crippen molar-refractivity contribution in [1.29, 1.82) is 0 Å². The lowest BCUT2D eigenvalue weighted by Crippen LogP contribution is -2.41. The van der Waals surface area contributed by atoms with E-state index in [1.807, 2.05) is 17.0 Å². The number of benzene rings is 3. The largest absolute Gasteiger partial charge is 0.494 e. The number of unbranched alkanes of at least 4 members (excludes halogenated alkanes) is 1. The van der Waals surface area contributed by atoms with E-state index in [-0.39, 0.29) is 23.7 Å². The maximum Gasteiger partial charge on any atom is 0.227 e. The van der Waals surface area contributed by atoms with Crippen LogP contribution in [-0.4, -0.2) is 58.6 Å². The molecule has 2 heterocycles. The summed E-state index contributed by atoms with van der Waals surface area (Å²) in [4.78, 5) is 14.6. The quantitative estimate of drug-likeness (QED) is 0.218. The Hall–Kier alpha value is -3.46. The first-order valence-corrected chi connectivity index (χ1v) is 15.5. The lowest BCUT2D eigenvalue weighted by atomic mass is 9.87. The molecule has 0 aliphatic carbocycles. The molecule has 7 nitrogen and oxygen atoms in total. The SMILES string of the molecule is COCCCN1C(=O)CCc2ccc(CO[C@H]3CNCC[C@@H]3c3ccc(OCCCCOc4ccccc4F)cc3)cc21. The fourth-order valence-corrected chi connectivity index (χ4v) is 5.82. The zero-order chi connectivity index (χ0) is 29.9. The first kappa shape index (κ1) is 31.0. The number of halogens is 1. The number of ether oxygens (including phenoxy) is 4. The van der Waals surface area contributed by atoms with E-state index < -0.39 is 0 Å². The predicted molar refractivity (Wildman–Crippen MR) is 165 cm³/mol. The Morgan fingerprint density at radius 2 is 1.74 bits per heavy atom. The molecule has 0 unspecified atom stereocenters. The van der Waals surface area contributed by atoms with Gasteiger partial charge >= 0.3 is 0 Å². The normalized spacial score (nSPS) is 18.4. The smallest absolute Gasteiger partial charge is 0.227 e. The van der Waals surface area contributed by atoms with Gasteiger partial charge in [0.1, 0.15) is 5.75 Å². The van der Waals surface area contributed by atoms with Crippen molar-refractivity contribution in [3.8, 4) is 11.5 Å². The fraction of sp³-hybridized carbons (Fsp3) is 0.457. The monoisotopic (exact) mass is 590 g/mol. The van der Waals surface area contributed by atoms with Crippen LogP contribution in [0.4, 0.5) is 10.1 Å². The van der Waals surface area contributed by atoms with Gasteiger partial charge in [0.05, 0.1) is 25.9 Å². The highest BCUT2D eigenvalue weighted by Gasteiger charge is 2.28. The Labute approximate surface area is 254 Å². The van der Waals surface area contributed by atoms with Gasteiger partial charge in [0, 0.05) is 44.8 Å². The number of carbonyl (C=O) groups is 1. The highest BCUT2D eigenvalue weighted by Crippen LogP contribution is 2.32. The molecule has 1 amide bonds. The maximum atomic E-state index is 13.6. The van der Waals surface area contributed by atoms with Crippen LogP contribution in [0.25, 0.3) is 0 Å². The molecule has 0 saturated carbocycles. The van der Waals surface area contributed by atoms with Crippen LogP contribution < -0.4 is 19.7 Å². The minimum atomic E-state index is -0.336. The van der Waals surface area contributed by atoms with E-state index in [4.69, 9.17) is 18.9 Å². The molecular weight excluding hydrogens is 547 g/mol. The average molecular weight is 591 g/mol. The zero-order valence-electron chi connectivity index (χ0n) is 25.1. The molecule has 43 heavy (non-hydrogen) atoms. The third-order valence-electron chi connectivity index (χ3n) is 8.18. The Kier molecular flexibility index (Phi) is 11.4. The van der Waals surface area contributed by atoms with Crippen LogP contribution in [0.1, 0.15) is 54.7 Å². The number of hydrogen-bond acceptors (Lipinski definition) is 6. The second kappa shape index (κ2) is 15.8. The number of amides is 1. The Morgan fingerprint density at radius 3 is 2.56 bits per heavy atom. The van der Waals surface area contributed by atoms with E-state index >= 15 is 0 Å². The van der Waals surface area contributed by atoms with Crippen LogP contribution in [0.15, 0.2) is 66.7 Å². The van der Waals surface area contributed by atoms with E-state index in [9.17, 15) is 9.18 Å². The van der Waals surface area contributed by atoms with Gasteiger partial charge < -0.3 is 29.2 Å². The number of methoxy groups -OCH3 is 1. The van der Waals surface area contributed by atoms with E-state index in [2.05, 4.69) is 35.6 Å². The van der Waals surface area contributed by atoms with Crippen molar-refractivity contribution in [3.05, 3.63) is 89.2 Å². The molecular formula is C35H43FN2O5. The van der Waals surface area contributed by atoms with Crippen LogP contribution in [0.3, 0.4) is 0 Å². The van der Waals surface area contributed by atoms with Gasteiger partial charge in [0.25, 0.3) is 0 Å². The standard InChI is InChI=1S/C35H43FN2O5/c1-40-20-6-19-38-32-23-26(9-10-28(32)13-16-35(38)39)25-43-34-24-37-18-17-30(34)27-11-14-29(15-12-27)41-21-4-5-22-42-33-8-3-2-7-31(33)36/h2-3,7-12,14-15,23,30,34,37H,4-6,13,16-22,24-25H2,1H3/t30-,34+/m1/s1. The summed E-state index contributed by atoms with van der Waals surface area (Å²) in [6.07, 6.45) is 4.81. The predicted octanol–water partition coefficient (Wildman–Crippen LogP) is 6.04. The molecule has 3 aromatic carbocycles. The van der Waals surface area contributed by atoms with Gasteiger partial charge in [-0.25, -0.2) is 4.39 Å². The van der Waals surface area contributed by atoms with Gasteiger partial charge in [0.2, 0.25) is 5.91 Å². The van der Waals surface area contributed by atoms with Crippen molar-refractivity contribution >= 4 is 11.6 Å². The third kappa shape index (κ3) is 8.56. The van der Waals surface area contributed by atoms with E-state index in [0.29, 0.717) is 45.1 Å². The molecule has 1 N–H and O–H groups in total. The molecule has 2 aliphatic heterocycles. The van der Waals surface area contributed by atoms with Gasteiger partial charge in [-0.15, -0.1) is 0 Å². The van der Waals surface area contributed by atoms with Gasteiger partial charge in [-0.3, -0.25) is 4.79 Å². The Balaban J connectivity index is 1.10. The number of fused-ring (bicyclic) bond motifs is 1. The molecule has 8 heteroatoms. The second-order valence-electron chi connectivity index (χ2n) is 11.2. The van der Waals surface area contributed by atoms with E-state index in [1.54, 1.807) is 25.3 Å². The van der Waals surface area contributed by atoms with Crippen molar-refractivity contribution in [2.75, 3.05) is 51.5 Å². The summed E-state index contributed by atoms with van der Waals surface area (Å²) in [6.45, 7) is 4.59. The maximum absolute atomic E-state index is 13.6. The summed E-state index contributed by atoms with van der Waals surface area (Å²) in [6, 6.07) is 21.2. The topological polar surface area (TPSA) is 69.3 Å². The van der Waals surface area contributed by atoms with Crippen molar-refractivity contribution < 1.29 is 28.1 Å². The van der Waals surface area contributed by atoms with Crippen LogP contribution in [0.2, 0.25) is 0 Å². The highest BCUT2D eigenvalue weighted by atomic mass is 19.1. The summed E-state index contributed by atoms with van der Waals surface area (Å²) in [5.74, 6) is 1.26. The summed E-state index contributed by atoms with van der Waals surface area (Å²) >= 11 is 0. The molecule has 2 aliphatic rings. The number of aryl methyl sites for hydroxylation is 1. The summed E-state index contributed by atoms with van der Waals surface area (Å²) in [5.41, 5.74) is 4.56. The number of hydrogen-bond donors (Lipinski definition) is 1. The molecule has 3 aromatic rings. The molecule has 0 radical (unpaired) electrons. The molecule has 0 aromatic heterocycles. The highest BCUT2D eigenvalue weighted by molar-refractivity contribution is 5.96. The summed E-state index contributed by atoms with van der Waals surface area (Å²) in [5, 5.41) is 3.49. The molecule has 0 spiro atoms. The van der Waals surface area contributed by atoms with Gasteiger partial charge in [0.15, 0.2) is 11.6 Å². The van der Waals surface area contributed by atoms with Crippen LogP contribution in [-0.2, 0) is 27.3 Å². The number of carbonyl (C=O) groups excluding carboxylic acids is 1. The first-order valence-electron chi connectivity index (χ1n) is 15.5. The van der Waals surface area contributed by atoms with Crippen molar-refractivity contribution in [2.45, 2.75) is 57.2 Å². The number of nitrogens with one attached hydrogen (secondary N) is 1. The molecule has 5 rings (SSSR count). The number of piperidine rings is 1. The van der Waals surface area contributed by atoms with Crippen LogP contribution >= 0.6 is 0 Å². The van der Waals surface area contributed by atoms with Crippen LogP contribution in [0.5, 0.6) is 11.5 Å². The van der Waals surface area contributed by atoms with E-state index in [0.717, 1.165) is 62.2 Å². The fourth-order valence-electron chi connectivity index (χ4n) is 5.82. The molecule has 1 fully saturated rings. The number of rotatable bonds is 15. The van der Waals surface area contributed by atoms with Crippen molar-refractivity contribution in [1.82, 2.24) is 5.32 Å². The van der Waals surface area contributed by atoms with Gasteiger partial charge in [-0.2, -0.15) is 0 Å². The number of para-hydroxylation sites is 1. The second-order valence-corrected chi connectivity index (χ2v) is 11.2. The molecule has 2 atom stereocenters. The first-order chi connectivity index (χ1) is 21.1. The van der Waals surface area contributed by atoms with Gasteiger partial charge in [-0.05, 0) is 85.7 Å². The van der Waals surface area contributed by atoms with Gasteiger partial charge in [-0.1, -0.05) is 36.4 Å². The molecule has 230 valence electrons. The molecule has 0 bridgehead atoms. The number of nitrogens with zero attached hydrogens (tertiary/aromatic N) is 1. The average Bonchev–Trinajstić information content (AvgIpc) is 3.04. The van der Waals surface area contributed by atoms with Crippen molar-refractivity contribution in [2.24, 2.45) is 0 Å². The zero-order valence-corrected chi connectivity index (χ0v) is 25.1. The number of anilines is 1. The minimum Gasteiger partial charge on any atom is -0.494 e. The van der Waals surface area contributed by atoms with E-state index in [1.165, 1.54) is 17.2 Å². The Bertz CT molecular complexity index is 1320. The van der Waals surface area contributed by atoms with Crippen molar-refractivity contribution in [3.63, 3.8) is 0 Å². The Morgan fingerprint density at radius 1 is 0.930 bits per heavy atom. The lowest BCUT2D eigenvalue weighted by molar-refractivity contribution is -0.118. The lowest BCUT2D eigenvalue weighted by Gasteiger charge is -2.33. The van der Waals surface area contributed by atoms with Crippen LogP contribution in [0, 0.1) is 5.82 Å². The third-order valence-corrected chi connectivity index (χ3v) is 8.18. The summed E-state index contributed by atoms with van der Waals surface area (Å²) in [7, 11) is 1.69. The summed E-state index contributed by atoms with van der Waals surface area (Å²) < 4.78 is 36.8. The minimum absolute atomic E-state index is 0.0467.